The molecule has 0 radical (unpaired) electrons. The monoisotopic (exact) mass is 590 g/mol. The highest BCUT2D eigenvalue weighted by atomic mass is 35.5. The molecule has 0 bridgehead atoms. The summed E-state index contributed by atoms with van der Waals surface area (Å²) in [5.74, 6) is 1.66. The molecule has 2 unspecified atom stereocenters. The number of benzene rings is 2. The fourth-order valence-electron chi connectivity index (χ4n) is 6.13. The minimum atomic E-state index is 0. The van der Waals surface area contributed by atoms with Crippen LogP contribution in [0.5, 0.6) is 0 Å². The van der Waals surface area contributed by atoms with E-state index < -0.39 is 0 Å². The Balaban J connectivity index is 0.00000400. The maximum Gasteiger partial charge on any atom is 0.0205 e. The van der Waals surface area contributed by atoms with Crippen LogP contribution < -0.4 is 10.6 Å². The Morgan fingerprint density at radius 2 is 0.900 bits per heavy atom. The molecule has 40 heavy (non-hydrogen) atoms. The summed E-state index contributed by atoms with van der Waals surface area (Å²) in [6.45, 7) is 8.91. The zero-order valence-electron chi connectivity index (χ0n) is 25.7. The third-order valence-corrected chi connectivity index (χ3v) is 8.60. The number of aryl methyl sites for hydroxylation is 2. The first kappa shape index (κ1) is 37.0. The van der Waals surface area contributed by atoms with Gasteiger partial charge in [-0.05, 0) is 92.1 Å². The highest BCUT2D eigenvalue weighted by Crippen LogP contribution is 2.28. The van der Waals surface area contributed by atoms with Crippen LogP contribution in [0.15, 0.2) is 48.5 Å². The molecule has 3 rings (SSSR count). The van der Waals surface area contributed by atoms with Gasteiger partial charge in [0, 0.05) is 13.1 Å². The average Bonchev–Trinajstić information content (AvgIpc) is 2.95. The molecule has 228 valence electrons. The van der Waals surface area contributed by atoms with Crippen LogP contribution in [0.2, 0.25) is 0 Å². The van der Waals surface area contributed by atoms with Gasteiger partial charge in [-0.25, -0.2) is 0 Å². The SMILES string of the molecule is CCCCCCCc1ccc(CNCC2CCCC(CNCc3ccc(CCCCCCC)cc3)C2)cc1.Cl.Cl. The summed E-state index contributed by atoms with van der Waals surface area (Å²) in [5, 5.41) is 7.54. The first-order valence-electron chi connectivity index (χ1n) is 16.3. The van der Waals surface area contributed by atoms with Gasteiger partial charge in [0.05, 0.1) is 0 Å². The van der Waals surface area contributed by atoms with Crippen LogP contribution in [0.4, 0.5) is 0 Å². The van der Waals surface area contributed by atoms with Gasteiger partial charge in [0.25, 0.3) is 0 Å². The molecule has 0 aliphatic heterocycles. The van der Waals surface area contributed by atoms with E-state index in [1.165, 1.54) is 125 Å². The van der Waals surface area contributed by atoms with E-state index in [2.05, 4.69) is 73.0 Å². The number of halogens is 2. The zero-order valence-corrected chi connectivity index (χ0v) is 27.4. The predicted octanol–water partition coefficient (Wildman–Crippen LogP) is 10.2. The van der Waals surface area contributed by atoms with Crippen molar-refractivity contribution in [2.24, 2.45) is 11.8 Å². The molecule has 2 nitrogen and oxygen atoms in total. The number of unbranched alkanes of at least 4 members (excludes halogenated alkanes) is 8. The Kier molecular flexibility index (Phi) is 21.7. The van der Waals surface area contributed by atoms with Crippen molar-refractivity contribution >= 4 is 24.8 Å². The summed E-state index contributed by atoms with van der Waals surface area (Å²) in [4.78, 5) is 0. The first-order chi connectivity index (χ1) is 18.8. The zero-order chi connectivity index (χ0) is 26.7. The van der Waals surface area contributed by atoms with E-state index in [1.807, 2.05) is 0 Å². The van der Waals surface area contributed by atoms with Crippen LogP contribution >= 0.6 is 24.8 Å². The van der Waals surface area contributed by atoms with Crippen LogP contribution in [0.25, 0.3) is 0 Å². The number of nitrogens with one attached hydrogen (secondary N) is 2. The van der Waals surface area contributed by atoms with Gasteiger partial charge < -0.3 is 10.6 Å². The van der Waals surface area contributed by atoms with Crippen molar-refractivity contribution in [3.63, 3.8) is 0 Å². The normalized spacial score (nSPS) is 16.8. The fourth-order valence-corrected chi connectivity index (χ4v) is 6.13. The van der Waals surface area contributed by atoms with Crippen LogP contribution in [0.1, 0.15) is 126 Å². The van der Waals surface area contributed by atoms with Crippen LogP contribution in [-0.4, -0.2) is 13.1 Å². The van der Waals surface area contributed by atoms with Gasteiger partial charge in [-0.1, -0.05) is 120 Å². The van der Waals surface area contributed by atoms with E-state index in [1.54, 1.807) is 0 Å². The van der Waals surface area contributed by atoms with Crippen LogP contribution in [0, 0.1) is 11.8 Å². The molecule has 2 N–H and O–H groups in total. The molecule has 0 heterocycles. The molecule has 1 aliphatic carbocycles. The van der Waals surface area contributed by atoms with Crippen molar-refractivity contribution in [2.45, 2.75) is 130 Å². The van der Waals surface area contributed by atoms with E-state index in [-0.39, 0.29) is 24.8 Å². The maximum absolute atomic E-state index is 3.77. The Bertz CT molecular complexity index is 767. The molecule has 0 amide bonds. The quantitative estimate of drug-likeness (QED) is 0.150. The molecule has 0 saturated heterocycles. The van der Waals surface area contributed by atoms with Crippen molar-refractivity contribution in [1.82, 2.24) is 10.6 Å². The highest BCUT2D eigenvalue weighted by Gasteiger charge is 2.21. The number of rotatable bonds is 20. The van der Waals surface area contributed by atoms with Gasteiger partial charge in [-0.3, -0.25) is 0 Å². The van der Waals surface area contributed by atoms with E-state index in [0.29, 0.717) is 0 Å². The lowest BCUT2D eigenvalue weighted by molar-refractivity contribution is 0.252. The second-order valence-corrected chi connectivity index (χ2v) is 12.1. The molecule has 2 aromatic carbocycles. The molecule has 1 fully saturated rings. The fraction of sp³-hybridized carbons (Fsp3) is 0.667. The number of hydrogen-bond acceptors (Lipinski definition) is 2. The Morgan fingerprint density at radius 1 is 0.525 bits per heavy atom. The second kappa shape index (κ2) is 23.5. The molecule has 4 heteroatoms. The summed E-state index contributed by atoms with van der Waals surface area (Å²) >= 11 is 0. The van der Waals surface area contributed by atoms with Crippen molar-refractivity contribution in [3.8, 4) is 0 Å². The molecule has 0 aromatic heterocycles. The Morgan fingerprint density at radius 3 is 1.30 bits per heavy atom. The van der Waals surface area contributed by atoms with Crippen molar-refractivity contribution in [1.29, 1.82) is 0 Å². The largest absolute Gasteiger partial charge is 0.312 e. The predicted molar refractivity (Wildman–Crippen MR) is 181 cm³/mol. The second-order valence-electron chi connectivity index (χ2n) is 12.1. The average molecular weight is 592 g/mol. The minimum absolute atomic E-state index is 0. The van der Waals surface area contributed by atoms with Gasteiger partial charge >= 0.3 is 0 Å². The molecular weight excluding hydrogens is 531 g/mol. The van der Waals surface area contributed by atoms with Crippen LogP contribution in [-0.2, 0) is 25.9 Å². The standard InChI is InChI=1S/C36H58N2.2ClH/c1-3-5-7-9-11-14-31-18-22-33(23-19-31)27-37-29-35-16-13-17-36(26-35)30-38-28-34-24-20-32(21-25-34)15-12-10-8-6-4-2;;/h18-25,35-38H,3-17,26-30H2,1-2H3;2*1H. The lowest BCUT2D eigenvalue weighted by Crippen LogP contribution is -2.31. The molecule has 0 spiro atoms. The maximum atomic E-state index is 3.77. The molecule has 1 saturated carbocycles. The highest BCUT2D eigenvalue weighted by molar-refractivity contribution is 5.85. The van der Waals surface area contributed by atoms with Crippen molar-refractivity contribution < 1.29 is 0 Å². The molecule has 1 aliphatic rings. The molecule has 2 atom stereocenters. The first-order valence-corrected chi connectivity index (χ1v) is 16.3. The lowest BCUT2D eigenvalue weighted by atomic mass is 9.81. The smallest absolute Gasteiger partial charge is 0.0205 e. The number of hydrogen-bond donors (Lipinski definition) is 2. The van der Waals surface area contributed by atoms with Gasteiger partial charge in [-0.15, -0.1) is 24.8 Å². The lowest BCUT2D eigenvalue weighted by Gasteiger charge is -2.29. The summed E-state index contributed by atoms with van der Waals surface area (Å²) in [6.07, 6.45) is 21.6. The van der Waals surface area contributed by atoms with E-state index in [0.717, 1.165) is 38.0 Å². The van der Waals surface area contributed by atoms with E-state index in [4.69, 9.17) is 0 Å². The Labute approximate surface area is 260 Å². The van der Waals surface area contributed by atoms with E-state index >= 15 is 0 Å². The van der Waals surface area contributed by atoms with Crippen molar-refractivity contribution in [2.75, 3.05) is 13.1 Å². The van der Waals surface area contributed by atoms with E-state index in [9.17, 15) is 0 Å². The third-order valence-electron chi connectivity index (χ3n) is 8.60. The third kappa shape index (κ3) is 15.8. The summed E-state index contributed by atoms with van der Waals surface area (Å²) in [5.41, 5.74) is 5.86. The molecular formula is C36H60Cl2N2. The van der Waals surface area contributed by atoms with Gasteiger partial charge in [0.1, 0.15) is 0 Å². The topological polar surface area (TPSA) is 24.1 Å². The summed E-state index contributed by atoms with van der Waals surface area (Å²) < 4.78 is 0. The van der Waals surface area contributed by atoms with Crippen LogP contribution in [0.3, 0.4) is 0 Å². The summed E-state index contributed by atoms with van der Waals surface area (Å²) in [6, 6.07) is 18.7. The van der Waals surface area contributed by atoms with Gasteiger partial charge in [0.15, 0.2) is 0 Å². The Hall–Kier alpha value is -1.06. The minimum Gasteiger partial charge on any atom is -0.312 e. The summed E-state index contributed by atoms with van der Waals surface area (Å²) in [7, 11) is 0. The van der Waals surface area contributed by atoms with Gasteiger partial charge in [0.2, 0.25) is 0 Å². The van der Waals surface area contributed by atoms with Gasteiger partial charge in [-0.2, -0.15) is 0 Å². The molecule has 2 aromatic rings. The van der Waals surface area contributed by atoms with Crippen molar-refractivity contribution in [3.05, 3.63) is 70.8 Å².